The molecule has 0 saturated carbocycles. The first kappa shape index (κ1) is 24.0. The van der Waals surface area contributed by atoms with Crippen molar-refractivity contribution in [2.45, 2.75) is 32.1 Å². The van der Waals surface area contributed by atoms with Crippen LogP contribution < -0.4 is 14.4 Å². The largest absolute Gasteiger partial charge is 0.507 e. The molecule has 3 aromatic carbocycles. The number of Topliss-reactive ketones (excluding diaryl/α,β-unsaturated/α-hetero) is 1. The van der Waals surface area contributed by atoms with Gasteiger partial charge in [-0.1, -0.05) is 18.2 Å². The molecule has 1 aliphatic heterocycles. The number of ketones is 1. The van der Waals surface area contributed by atoms with Gasteiger partial charge in [0.15, 0.2) is 17.3 Å². The highest BCUT2D eigenvalue weighted by molar-refractivity contribution is 6.22. The Morgan fingerprint density at radius 1 is 1.17 bits per heavy atom. The molecular formula is C28H27ClN2O5. The summed E-state index contributed by atoms with van der Waals surface area (Å²) in [6, 6.07) is 10.8. The predicted molar refractivity (Wildman–Crippen MR) is 141 cm³/mol. The summed E-state index contributed by atoms with van der Waals surface area (Å²) in [6.45, 7) is 5.74. The van der Waals surface area contributed by atoms with E-state index < -0.39 is 0 Å². The van der Waals surface area contributed by atoms with Crippen LogP contribution in [-0.4, -0.2) is 47.9 Å². The molecular weight excluding hydrogens is 480 g/mol. The molecule has 2 N–H and O–H groups in total. The van der Waals surface area contributed by atoms with Crippen LogP contribution in [0.4, 0.5) is 5.69 Å². The third kappa shape index (κ3) is 3.49. The summed E-state index contributed by atoms with van der Waals surface area (Å²) in [7, 11) is 2.96. The van der Waals surface area contributed by atoms with E-state index in [-0.39, 0.29) is 28.7 Å². The van der Waals surface area contributed by atoms with Crippen molar-refractivity contribution in [3.05, 3.63) is 58.8 Å². The molecule has 1 aromatic heterocycles. The van der Waals surface area contributed by atoms with E-state index in [1.165, 1.54) is 21.1 Å². The molecule has 0 aliphatic carbocycles. The Bertz CT molecular complexity index is 1560. The predicted octanol–water partition coefficient (Wildman–Crippen LogP) is 5.93. The molecule has 186 valence electrons. The number of benzene rings is 3. The average Bonchev–Trinajstić information content (AvgIpc) is 3.44. The molecule has 7 nitrogen and oxygen atoms in total. The third-order valence-electron chi connectivity index (χ3n) is 7.05. The summed E-state index contributed by atoms with van der Waals surface area (Å²) in [5, 5.41) is 12.9. The van der Waals surface area contributed by atoms with Crippen molar-refractivity contribution in [3.8, 4) is 17.2 Å². The number of aromatic amines is 1. The summed E-state index contributed by atoms with van der Waals surface area (Å²) in [5.41, 5.74) is 3.87. The number of ether oxygens (including phenoxy) is 2. The van der Waals surface area contributed by atoms with Gasteiger partial charge in [0.2, 0.25) is 0 Å². The highest BCUT2D eigenvalue weighted by Gasteiger charge is 2.38. The summed E-state index contributed by atoms with van der Waals surface area (Å²) >= 11 is 6.63. The summed E-state index contributed by atoms with van der Waals surface area (Å²) < 4.78 is 11.0. The number of aromatic nitrogens is 1. The zero-order valence-corrected chi connectivity index (χ0v) is 21.5. The highest BCUT2D eigenvalue weighted by atomic mass is 35.5. The number of aryl methyl sites for hydroxylation is 1. The lowest BCUT2D eigenvalue weighted by atomic mass is 9.90. The van der Waals surface area contributed by atoms with E-state index in [1.807, 2.05) is 32.0 Å². The Balaban J connectivity index is 1.69. The zero-order valence-electron chi connectivity index (χ0n) is 20.7. The molecule has 4 aromatic rings. The van der Waals surface area contributed by atoms with E-state index in [0.29, 0.717) is 45.9 Å². The molecule has 2 atom stereocenters. The Hall–Kier alpha value is -3.71. The highest BCUT2D eigenvalue weighted by Crippen LogP contribution is 2.48. The minimum Gasteiger partial charge on any atom is -0.507 e. The molecule has 0 saturated heterocycles. The van der Waals surface area contributed by atoms with Gasteiger partial charge in [-0.15, -0.1) is 11.6 Å². The van der Waals surface area contributed by atoms with Crippen LogP contribution >= 0.6 is 11.6 Å². The van der Waals surface area contributed by atoms with Crippen molar-refractivity contribution in [2.24, 2.45) is 0 Å². The lowest BCUT2D eigenvalue weighted by Crippen LogP contribution is -2.31. The van der Waals surface area contributed by atoms with E-state index in [2.05, 4.69) is 4.98 Å². The number of hydrogen-bond donors (Lipinski definition) is 2. The van der Waals surface area contributed by atoms with Crippen LogP contribution in [0.2, 0.25) is 0 Å². The van der Waals surface area contributed by atoms with E-state index in [9.17, 15) is 14.7 Å². The number of aromatic hydroxyl groups is 1. The van der Waals surface area contributed by atoms with Crippen LogP contribution in [0.25, 0.3) is 21.7 Å². The van der Waals surface area contributed by atoms with Crippen molar-refractivity contribution in [2.75, 3.05) is 25.7 Å². The van der Waals surface area contributed by atoms with Crippen LogP contribution in [0.3, 0.4) is 0 Å². The number of phenolic OH excluding ortho intramolecular Hbond substituents is 1. The van der Waals surface area contributed by atoms with Gasteiger partial charge in [0.1, 0.15) is 11.4 Å². The second-order valence-corrected chi connectivity index (χ2v) is 9.91. The number of nitrogens with zero attached hydrogens (tertiary/aromatic N) is 1. The molecule has 2 heterocycles. The number of alkyl halides is 1. The standard InChI is InChI=1S/C28H27ClN2O5/c1-13-7-6-8-17-22(33)11-21-24(23(13)17)19(14(2)29)12-31(21)28(34)20-10-16-9-18(15(3)32)26(35-4)27(36-5)25(16)30-20/h6-11,14,19,30,33H,12H2,1-5H3/t14-,19+/m1/s1. The van der Waals surface area contributed by atoms with E-state index in [4.69, 9.17) is 21.1 Å². The molecule has 0 bridgehead atoms. The fourth-order valence-electron chi connectivity index (χ4n) is 5.35. The Morgan fingerprint density at radius 2 is 1.89 bits per heavy atom. The van der Waals surface area contributed by atoms with Crippen molar-refractivity contribution in [1.82, 2.24) is 4.98 Å². The van der Waals surface area contributed by atoms with Gasteiger partial charge in [-0.25, -0.2) is 0 Å². The molecule has 1 amide bonds. The lowest BCUT2D eigenvalue weighted by Gasteiger charge is -2.18. The molecule has 0 fully saturated rings. The van der Waals surface area contributed by atoms with Crippen LogP contribution in [0.5, 0.6) is 17.2 Å². The number of carbonyl (C=O) groups excluding carboxylic acids is 2. The monoisotopic (exact) mass is 506 g/mol. The molecule has 1 aliphatic rings. The number of carbonyl (C=O) groups is 2. The van der Waals surface area contributed by atoms with Crippen LogP contribution in [0.15, 0.2) is 36.4 Å². The molecule has 36 heavy (non-hydrogen) atoms. The normalized spacial score (nSPS) is 15.8. The first-order valence-corrected chi connectivity index (χ1v) is 12.1. The van der Waals surface area contributed by atoms with Crippen molar-refractivity contribution < 1.29 is 24.2 Å². The smallest absolute Gasteiger partial charge is 0.274 e. The van der Waals surface area contributed by atoms with Gasteiger partial charge >= 0.3 is 0 Å². The van der Waals surface area contributed by atoms with Crippen molar-refractivity contribution in [3.63, 3.8) is 0 Å². The maximum absolute atomic E-state index is 13.9. The van der Waals surface area contributed by atoms with E-state index in [1.54, 1.807) is 23.1 Å². The number of phenols is 1. The van der Waals surface area contributed by atoms with Gasteiger partial charge in [-0.3, -0.25) is 9.59 Å². The fraction of sp³-hybridized carbons (Fsp3) is 0.286. The first-order valence-electron chi connectivity index (χ1n) is 11.7. The molecule has 0 spiro atoms. The third-order valence-corrected chi connectivity index (χ3v) is 7.36. The minimum absolute atomic E-state index is 0.113. The summed E-state index contributed by atoms with van der Waals surface area (Å²) in [4.78, 5) is 30.9. The molecule has 0 unspecified atom stereocenters. The average molecular weight is 507 g/mol. The molecule has 0 radical (unpaired) electrons. The number of rotatable bonds is 5. The maximum atomic E-state index is 13.9. The van der Waals surface area contributed by atoms with Crippen LogP contribution in [-0.2, 0) is 0 Å². The Labute approximate surface area is 213 Å². The number of fused-ring (bicyclic) bond motifs is 4. The second-order valence-electron chi connectivity index (χ2n) is 9.22. The number of methoxy groups -OCH3 is 2. The van der Waals surface area contributed by atoms with E-state index in [0.717, 1.165) is 21.9 Å². The van der Waals surface area contributed by atoms with Crippen LogP contribution in [0, 0.1) is 6.92 Å². The number of nitrogens with one attached hydrogen (secondary N) is 1. The van der Waals surface area contributed by atoms with Gasteiger partial charge in [0.25, 0.3) is 5.91 Å². The Morgan fingerprint density at radius 3 is 2.53 bits per heavy atom. The minimum atomic E-state index is -0.273. The van der Waals surface area contributed by atoms with Crippen LogP contribution in [0.1, 0.15) is 51.7 Å². The number of halogens is 1. The van der Waals surface area contributed by atoms with E-state index >= 15 is 0 Å². The maximum Gasteiger partial charge on any atom is 0.274 e. The summed E-state index contributed by atoms with van der Waals surface area (Å²) in [5.74, 6) is 0.219. The first-order chi connectivity index (χ1) is 17.2. The lowest BCUT2D eigenvalue weighted by molar-refractivity contribution is 0.0982. The number of hydrogen-bond acceptors (Lipinski definition) is 5. The van der Waals surface area contributed by atoms with Gasteiger partial charge in [0.05, 0.1) is 31.0 Å². The van der Waals surface area contributed by atoms with Crippen molar-refractivity contribution in [1.29, 1.82) is 0 Å². The van der Waals surface area contributed by atoms with Crippen molar-refractivity contribution >= 4 is 50.7 Å². The van der Waals surface area contributed by atoms with Gasteiger partial charge < -0.3 is 24.5 Å². The number of anilines is 1. The topological polar surface area (TPSA) is 91.9 Å². The molecule has 5 rings (SSSR count). The number of H-pyrrole nitrogens is 1. The Kier molecular flexibility index (Phi) is 5.83. The SMILES string of the molecule is COc1c(C(C)=O)cc2cc(C(=O)N3C[C@@H]([C@@H](C)Cl)c4c3cc(O)c3cccc(C)c43)[nH]c2c1OC. The van der Waals surface area contributed by atoms with Gasteiger partial charge in [0, 0.05) is 34.7 Å². The quantitative estimate of drug-likeness (QED) is 0.259. The zero-order chi connectivity index (χ0) is 25.9. The van der Waals surface area contributed by atoms with Gasteiger partial charge in [-0.2, -0.15) is 0 Å². The number of amides is 1. The fourth-order valence-corrected chi connectivity index (χ4v) is 5.56. The molecule has 8 heteroatoms. The van der Waals surface area contributed by atoms with Gasteiger partial charge in [-0.05, 0) is 49.4 Å². The summed E-state index contributed by atoms with van der Waals surface area (Å²) in [6.07, 6.45) is 0. The second kappa shape index (κ2) is 8.75.